The van der Waals surface area contributed by atoms with Crippen molar-refractivity contribution in [3.63, 3.8) is 0 Å². The normalized spacial score (nSPS) is 21.3. The molecule has 2 N–H and O–H groups in total. The SMILES string of the molecule is CC1CCC(CNC(=O)C(=O)/C2=C/NC/C=C\C/C=C\C2)CC1.CCCC.Cc1nc(N(C)C)c2ccccc2n1. The summed E-state index contributed by atoms with van der Waals surface area (Å²) in [7, 11) is 3.99. The number of nitrogens with one attached hydrogen (secondary N) is 2. The number of aryl methyl sites for hydroxylation is 1. The molecule has 0 bridgehead atoms. The molecule has 1 amide bonds. The summed E-state index contributed by atoms with van der Waals surface area (Å²) in [5.74, 6) is 2.21. The van der Waals surface area contributed by atoms with E-state index in [-0.39, 0.29) is 0 Å². The lowest BCUT2D eigenvalue weighted by Gasteiger charge is -2.26. The Morgan fingerprint density at radius 1 is 0.976 bits per heavy atom. The number of unbranched alkanes of at least 4 members (excludes halogenated alkanes) is 1. The van der Waals surface area contributed by atoms with Gasteiger partial charge >= 0.3 is 0 Å². The van der Waals surface area contributed by atoms with Crippen LogP contribution in [0.25, 0.3) is 10.9 Å². The van der Waals surface area contributed by atoms with Crippen LogP contribution in [0.15, 0.2) is 60.3 Å². The first-order chi connectivity index (χ1) is 19.8. The third-order valence-corrected chi connectivity index (χ3v) is 7.26. The number of hydrogen-bond donors (Lipinski definition) is 2. The number of nitrogens with zero attached hydrogens (tertiary/aromatic N) is 3. The van der Waals surface area contributed by atoms with E-state index in [4.69, 9.17) is 0 Å². The van der Waals surface area contributed by atoms with E-state index in [2.05, 4.69) is 47.4 Å². The van der Waals surface area contributed by atoms with Crippen molar-refractivity contribution >= 4 is 28.4 Å². The van der Waals surface area contributed by atoms with Crippen LogP contribution in [0.5, 0.6) is 0 Å². The number of benzene rings is 1. The van der Waals surface area contributed by atoms with Crippen molar-refractivity contribution in [2.45, 2.75) is 79.1 Å². The number of fused-ring (bicyclic) bond motifs is 1. The molecule has 7 heteroatoms. The maximum atomic E-state index is 12.3. The molecular formula is C34H51N5O2. The third kappa shape index (κ3) is 12.3. The van der Waals surface area contributed by atoms with Crippen LogP contribution < -0.4 is 15.5 Å². The van der Waals surface area contributed by atoms with Crippen LogP contribution in [0.1, 0.15) is 78.0 Å². The van der Waals surface area contributed by atoms with Gasteiger partial charge in [0.2, 0.25) is 5.78 Å². The number of ketones is 1. The van der Waals surface area contributed by atoms with E-state index >= 15 is 0 Å². The monoisotopic (exact) mass is 561 g/mol. The van der Waals surface area contributed by atoms with Crippen molar-refractivity contribution in [1.82, 2.24) is 20.6 Å². The molecule has 224 valence electrons. The highest BCUT2D eigenvalue weighted by Gasteiger charge is 2.22. The molecule has 2 heterocycles. The van der Waals surface area contributed by atoms with E-state index < -0.39 is 11.7 Å². The number of aromatic nitrogens is 2. The Kier molecular flexibility index (Phi) is 15.5. The Morgan fingerprint density at radius 3 is 2.34 bits per heavy atom. The number of carbonyl (C=O) groups excluding carboxylic acids is 2. The van der Waals surface area contributed by atoms with Gasteiger partial charge in [-0.15, -0.1) is 0 Å². The summed E-state index contributed by atoms with van der Waals surface area (Å²) in [6.07, 6.45) is 18.4. The van der Waals surface area contributed by atoms with Crippen molar-refractivity contribution in [3.05, 3.63) is 66.2 Å². The van der Waals surface area contributed by atoms with E-state index in [9.17, 15) is 9.59 Å². The second kappa shape index (κ2) is 18.8. The zero-order valence-electron chi connectivity index (χ0n) is 26.1. The predicted octanol–water partition coefficient (Wildman–Crippen LogP) is 6.69. The van der Waals surface area contributed by atoms with E-state index in [0.29, 0.717) is 31.0 Å². The summed E-state index contributed by atoms with van der Waals surface area (Å²) in [4.78, 5) is 35.3. The lowest BCUT2D eigenvalue weighted by molar-refractivity contribution is -0.135. The standard InChI is InChI=1S/C19H28N2O2.C11H13N3.C4H10/c1-15-8-10-16(11-9-15)13-21-19(23)18(22)17-7-5-3-2-4-6-12-20-14-17;1-8-12-10-7-5-4-6-9(10)11(13-8)14(2)3;1-3-4-2/h3-6,14-16,20H,2,7-13H2,1H3,(H,21,23);4-7H,1-3H3;3-4H2,1-2H3/b5-3-,6-4-,17-14+;;. The highest BCUT2D eigenvalue weighted by Crippen LogP contribution is 2.27. The fourth-order valence-corrected chi connectivity index (χ4v) is 4.54. The number of Topliss-reactive ketones (excluding diaryl/α,β-unsaturated/α-hetero) is 1. The Bertz CT molecular complexity index is 1170. The van der Waals surface area contributed by atoms with E-state index in [1.807, 2.05) is 68.4 Å². The molecule has 2 aromatic rings. The zero-order valence-corrected chi connectivity index (χ0v) is 26.1. The molecule has 4 rings (SSSR count). The number of hydrogen-bond acceptors (Lipinski definition) is 6. The highest BCUT2D eigenvalue weighted by molar-refractivity contribution is 6.42. The molecule has 0 spiro atoms. The molecule has 0 atom stereocenters. The van der Waals surface area contributed by atoms with Crippen LogP contribution in [0.3, 0.4) is 0 Å². The Hall–Kier alpha value is -3.48. The number of rotatable bonds is 6. The van der Waals surface area contributed by atoms with E-state index in [1.165, 1.54) is 25.7 Å². The van der Waals surface area contributed by atoms with Gasteiger partial charge < -0.3 is 15.5 Å². The molecule has 0 saturated heterocycles. The summed E-state index contributed by atoms with van der Waals surface area (Å²) in [6, 6.07) is 8.06. The zero-order chi connectivity index (χ0) is 30.0. The molecule has 1 aromatic carbocycles. The van der Waals surface area contributed by atoms with Crippen molar-refractivity contribution in [2.75, 3.05) is 32.1 Å². The Morgan fingerprint density at radius 2 is 1.66 bits per heavy atom. The van der Waals surface area contributed by atoms with Gasteiger partial charge in [0.1, 0.15) is 11.6 Å². The molecule has 1 fully saturated rings. The quantitative estimate of drug-likeness (QED) is 0.302. The second-order valence-electron chi connectivity index (χ2n) is 11.1. The van der Waals surface area contributed by atoms with Crippen LogP contribution in [0.2, 0.25) is 0 Å². The molecule has 2 aliphatic rings. The number of allylic oxidation sites excluding steroid dienone is 3. The highest BCUT2D eigenvalue weighted by atomic mass is 16.2. The van der Waals surface area contributed by atoms with Crippen LogP contribution in [0.4, 0.5) is 5.82 Å². The number of carbonyl (C=O) groups is 2. The first-order valence-corrected chi connectivity index (χ1v) is 15.2. The summed E-state index contributed by atoms with van der Waals surface area (Å²) >= 11 is 0. The third-order valence-electron chi connectivity index (χ3n) is 7.26. The lowest BCUT2D eigenvalue weighted by Crippen LogP contribution is -2.36. The topological polar surface area (TPSA) is 87.2 Å². The summed E-state index contributed by atoms with van der Waals surface area (Å²) in [5.41, 5.74) is 1.52. The predicted molar refractivity (Wildman–Crippen MR) is 172 cm³/mol. The first-order valence-electron chi connectivity index (χ1n) is 15.2. The minimum absolute atomic E-state index is 0.420. The molecule has 1 aliphatic carbocycles. The van der Waals surface area contributed by atoms with Crippen molar-refractivity contribution in [1.29, 1.82) is 0 Å². The van der Waals surface area contributed by atoms with Gasteiger partial charge in [0.25, 0.3) is 5.91 Å². The van der Waals surface area contributed by atoms with Crippen LogP contribution in [-0.2, 0) is 9.59 Å². The lowest BCUT2D eigenvalue weighted by atomic mass is 9.83. The smallest absolute Gasteiger partial charge is 0.292 e. The number of para-hydroxylation sites is 1. The molecule has 0 radical (unpaired) electrons. The molecule has 41 heavy (non-hydrogen) atoms. The van der Waals surface area contributed by atoms with Gasteiger partial charge in [-0.3, -0.25) is 9.59 Å². The second-order valence-corrected chi connectivity index (χ2v) is 11.1. The molecule has 1 saturated carbocycles. The molecule has 0 unspecified atom stereocenters. The van der Waals surface area contributed by atoms with E-state index in [0.717, 1.165) is 47.7 Å². The fourth-order valence-electron chi connectivity index (χ4n) is 4.54. The Balaban J connectivity index is 0.000000276. The summed E-state index contributed by atoms with van der Waals surface area (Å²) in [5, 5.41) is 7.00. The number of amides is 1. The van der Waals surface area contributed by atoms with Crippen LogP contribution in [0, 0.1) is 18.8 Å². The minimum Gasteiger partial charge on any atom is -0.387 e. The van der Waals surface area contributed by atoms with Crippen LogP contribution >= 0.6 is 0 Å². The van der Waals surface area contributed by atoms with Gasteiger partial charge in [-0.2, -0.15) is 0 Å². The van der Waals surface area contributed by atoms with Crippen molar-refractivity contribution < 1.29 is 9.59 Å². The van der Waals surface area contributed by atoms with Gasteiger partial charge in [-0.25, -0.2) is 9.97 Å². The molecule has 7 nitrogen and oxygen atoms in total. The van der Waals surface area contributed by atoms with Gasteiger partial charge in [0.15, 0.2) is 0 Å². The van der Waals surface area contributed by atoms with Gasteiger partial charge in [0, 0.05) is 44.3 Å². The Labute approximate surface area is 247 Å². The van der Waals surface area contributed by atoms with E-state index in [1.54, 1.807) is 6.20 Å². The molecule has 1 aliphatic heterocycles. The summed E-state index contributed by atoms with van der Waals surface area (Å²) < 4.78 is 0. The van der Waals surface area contributed by atoms with Crippen molar-refractivity contribution in [3.8, 4) is 0 Å². The fraction of sp³-hybridized carbons (Fsp3) is 0.529. The van der Waals surface area contributed by atoms with Crippen LogP contribution in [-0.4, -0.2) is 48.8 Å². The first kappa shape index (κ1) is 33.7. The maximum Gasteiger partial charge on any atom is 0.292 e. The largest absolute Gasteiger partial charge is 0.387 e. The minimum atomic E-state index is -0.474. The van der Waals surface area contributed by atoms with Gasteiger partial charge in [-0.05, 0) is 56.6 Å². The van der Waals surface area contributed by atoms with Gasteiger partial charge in [-0.1, -0.05) is 82.9 Å². The average Bonchev–Trinajstić information content (AvgIpc) is 2.99. The average molecular weight is 562 g/mol. The molecule has 1 aromatic heterocycles. The molecular weight excluding hydrogens is 510 g/mol. The summed E-state index contributed by atoms with van der Waals surface area (Å²) in [6.45, 7) is 9.85. The van der Waals surface area contributed by atoms with Gasteiger partial charge in [0.05, 0.1) is 5.52 Å². The van der Waals surface area contributed by atoms with Crippen molar-refractivity contribution in [2.24, 2.45) is 11.8 Å². The number of anilines is 1. The maximum absolute atomic E-state index is 12.3.